The maximum Gasteiger partial charge on any atom is 0.182 e. The zero-order valence-corrected chi connectivity index (χ0v) is 4.66. The van der Waals surface area contributed by atoms with E-state index in [9.17, 15) is 0 Å². The van der Waals surface area contributed by atoms with Crippen LogP contribution in [0.3, 0.4) is 0 Å². The van der Waals surface area contributed by atoms with E-state index in [4.69, 9.17) is 4.42 Å². The van der Waals surface area contributed by atoms with E-state index in [1.165, 1.54) is 6.39 Å². The molecule has 2 heteroatoms. The molecule has 0 aliphatic rings. The maximum atomic E-state index is 4.95. The zero-order valence-electron chi connectivity index (χ0n) is 4.66. The summed E-state index contributed by atoms with van der Waals surface area (Å²) in [5.41, 5.74) is 1.58. The Hall–Kier alpha value is -1.31. The monoisotopic (exact) mass is 118 g/mol. The summed E-state index contributed by atoms with van der Waals surface area (Å²) in [6.45, 7) is 0. The molecule has 1 radical (unpaired) electrons. The van der Waals surface area contributed by atoms with Gasteiger partial charge >= 0.3 is 0 Å². The fourth-order valence-electron chi connectivity index (χ4n) is 0.745. The average Bonchev–Trinajstić information content (AvgIpc) is 2.33. The summed E-state index contributed by atoms with van der Waals surface area (Å²) in [6.07, 6.45) is 1.42. The lowest BCUT2D eigenvalue weighted by molar-refractivity contribution is 0.601. The largest absolute Gasteiger partial charge is 0.443 e. The Kier molecular flexibility index (Phi) is 0.803. The van der Waals surface area contributed by atoms with Crippen LogP contribution in [0, 0.1) is 6.07 Å². The van der Waals surface area contributed by atoms with Gasteiger partial charge in [-0.05, 0) is 6.07 Å². The number of oxazole rings is 1. The van der Waals surface area contributed by atoms with Crippen LogP contribution in [0.15, 0.2) is 29.0 Å². The van der Waals surface area contributed by atoms with Crippen molar-refractivity contribution >= 4 is 11.1 Å². The zero-order chi connectivity index (χ0) is 6.10. The molecule has 0 fully saturated rings. The van der Waals surface area contributed by atoms with Crippen molar-refractivity contribution in [3.8, 4) is 0 Å². The third kappa shape index (κ3) is 0.598. The Morgan fingerprint density at radius 2 is 2.56 bits per heavy atom. The van der Waals surface area contributed by atoms with Crippen molar-refractivity contribution in [2.24, 2.45) is 0 Å². The molecule has 0 bridgehead atoms. The highest BCUT2D eigenvalue weighted by atomic mass is 16.3. The normalized spacial score (nSPS) is 10.2. The first-order chi connectivity index (χ1) is 4.47. The molecular formula is C7H4NO. The van der Waals surface area contributed by atoms with Crippen molar-refractivity contribution in [1.29, 1.82) is 0 Å². The lowest BCUT2D eigenvalue weighted by Crippen LogP contribution is -1.62. The van der Waals surface area contributed by atoms with E-state index in [0.29, 0.717) is 0 Å². The van der Waals surface area contributed by atoms with Crippen LogP contribution in [0.4, 0.5) is 0 Å². The predicted molar refractivity (Wildman–Crippen MR) is 32.8 cm³/mol. The van der Waals surface area contributed by atoms with Gasteiger partial charge < -0.3 is 4.42 Å². The highest BCUT2D eigenvalue weighted by Crippen LogP contribution is 2.08. The van der Waals surface area contributed by atoms with Gasteiger partial charge in [0.15, 0.2) is 12.0 Å². The molecule has 0 N–H and O–H groups in total. The number of benzene rings is 1. The summed E-state index contributed by atoms with van der Waals surface area (Å²) in [4.78, 5) is 3.92. The van der Waals surface area contributed by atoms with Crippen LogP contribution in [0.5, 0.6) is 0 Å². The van der Waals surface area contributed by atoms with Crippen molar-refractivity contribution in [2.45, 2.75) is 0 Å². The smallest absolute Gasteiger partial charge is 0.182 e. The van der Waals surface area contributed by atoms with Crippen molar-refractivity contribution in [3.63, 3.8) is 0 Å². The summed E-state index contributed by atoms with van der Waals surface area (Å²) in [5, 5.41) is 0. The summed E-state index contributed by atoms with van der Waals surface area (Å²) in [6, 6.07) is 8.46. The van der Waals surface area contributed by atoms with Gasteiger partial charge in [-0.1, -0.05) is 12.1 Å². The Balaban J connectivity index is 2.95. The number of aromatic nitrogens is 1. The quantitative estimate of drug-likeness (QED) is 0.525. The summed E-state index contributed by atoms with van der Waals surface area (Å²) < 4.78 is 4.95. The first kappa shape index (κ1) is 4.56. The molecular weight excluding hydrogens is 114 g/mol. The molecule has 0 unspecified atom stereocenters. The topological polar surface area (TPSA) is 26.0 Å². The summed E-state index contributed by atoms with van der Waals surface area (Å²) in [7, 11) is 0. The number of nitrogens with zero attached hydrogens (tertiary/aromatic N) is 1. The van der Waals surface area contributed by atoms with Gasteiger partial charge in [0.1, 0.15) is 5.52 Å². The Morgan fingerprint density at radius 3 is 3.44 bits per heavy atom. The molecule has 0 saturated carbocycles. The minimum absolute atomic E-state index is 0.720. The van der Waals surface area contributed by atoms with Gasteiger partial charge in [0.2, 0.25) is 0 Å². The van der Waals surface area contributed by atoms with Crippen LogP contribution >= 0.6 is 0 Å². The summed E-state index contributed by atoms with van der Waals surface area (Å²) >= 11 is 0. The highest BCUT2D eigenvalue weighted by molar-refractivity contribution is 5.70. The molecule has 43 valence electrons. The number of para-hydroxylation sites is 1. The first-order valence-corrected chi connectivity index (χ1v) is 2.67. The lowest BCUT2D eigenvalue weighted by Gasteiger charge is -1.78. The fourth-order valence-corrected chi connectivity index (χ4v) is 0.745. The molecule has 0 spiro atoms. The molecule has 2 aromatic rings. The van der Waals surface area contributed by atoms with Crippen LogP contribution in [0.1, 0.15) is 0 Å². The third-order valence-electron chi connectivity index (χ3n) is 1.16. The minimum atomic E-state index is 0.720. The van der Waals surface area contributed by atoms with E-state index in [-0.39, 0.29) is 0 Å². The van der Waals surface area contributed by atoms with E-state index < -0.39 is 0 Å². The van der Waals surface area contributed by atoms with Gasteiger partial charge in [-0.2, -0.15) is 0 Å². The van der Waals surface area contributed by atoms with E-state index in [0.717, 1.165) is 11.1 Å². The molecule has 0 atom stereocenters. The number of hydrogen-bond acceptors (Lipinski definition) is 2. The van der Waals surface area contributed by atoms with Crippen LogP contribution in [-0.4, -0.2) is 4.98 Å². The van der Waals surface area contributed by atoms with Gasteiger partial charge in [0, 0.05) is 6.07 Å². The fraction of sp³-hybridized carbons (Fsp3) is 0. The number of rotatable bonds is 0. The van der Waals surface area contributed by atoms with Crippen LogP contribution < -0.4 is 0 Å². The van der Waals surface area contributed by atoms with Crippen molar-refractivity contribution in [1.82, 2.24) is 4.98 Å². The molecule has 9 heavy (non-hydrogen) atoms. The SMILES string of the molecule is [c]1cccc2ncoc12. The first-order valence-electron chi connectivity index (χ1n) is 2.67. The highest BCUT2D eigenvalue weighted by Gasteiger charge is 1.91. The molecule has 0 saturated heterocycles. The Labute approximate surface area is 52.1 Å². The van der Waals surface area contributed by atoms with E-state index in [1.807, 2.05) is 12.1 Å². The molecule has 0 aliphatic heterocycles. The third-order valence-corrected chi connectivity index (χ3v) is 1.16. The van der Waals surface area contributed by atoms with E-state index in [2.05, 4.69) is 11.1 Å². The second-order valence-corrected chi connectivity index (χ2v) is 1.74. The second-order valence-electron chi connectivity index (χ2n) is 1.74. The maximum absolute atomic E-state index is 4.95. The van der Waals surface area contributed by atoms with Gasteiger partial charge in [-0.25, -0.2) is 4.98 Å². The average molecular weight is 118 g/mol. The van der Waals surface area contributed by atoms with Gasteiger partial charge in [-0.15, -0.1) is 0 Å². The van der Waals surface area contributed by atoms with Gasteiger partial charge in [0.05, 0.1) is 0 Å². The van der Waals surface area contributed by atoms with Crippen LogP contribution in [-0.2, 0) is 0 Å². The molecule has 1 aromatic carbocycles. The van der Waals surface area contributed by atoms with Crippen molar-refractivity contribution in [2.75, 3.05) is 0 Å². The van der Waals surface area contributed by atoms with Crippen molar-refractivity contribution in [3.05, 3.63) is 30.7 Å². The molecule has 2 rings (SSSR count). The van der Waals surface area contributed by atoms with Crippen LogP contribution in [0.25, 0.3) is 11.1 Å². The molecule has 0 amide bonds. The lowest BCUT2D eigenvalue weighted by atomic mass is 10.3. The minimum Gasteiger partial charge on any atom is -0.443 e. The Bertz CT molecular complexity index is 283. The van der Waals surface area contributed by atoms with E-state index >= 15 is 0 Å². The second kappa shape index (κ2) is 1.58. The van der Waals surface area contributed by atoms with Gasteiger partial charge in [-0.3, -0.25) is 0 Å². The van der Waals surface area contributed by atoms with Crippen molar-refractivity contribution < 1.29 is 4.42 Å². The molecule has 1 heterocycles. The molecule has 2 nitrogen and oxygen atoms in total. The Morgan fingerprint density at radius 1 is 1.56 bits per heavy atom. The standard InChI is InChI=1S/C7H4NO/c1-2-4-7-6(3-1)8-5-9-7/h1-3,5H. The molecule has 0 aliphatic carbocycles. The summed E-state index contributed by atoms with van der Waals surface area (Å²) in [5.74, 6) is 0. The number of fused-ring (bicyclic) bond motifs is 1. The van der Waals surface area contributed by atoms with Crippen LogP contribution in [0.2, 0.25) is 0 Å². The van der Waals surface area contributed by atoms with Gasteiger partial charge in [0.25, 0.3) is 0 Å². The molecule has 1 aromatic heterocycles. The number of hydrogen-bond donors (Lipinski definition) is 0. The predicted octanol–water partition coefficient (Wildman–Crippen LogP) is 1.63. The van der Waals surface area contributed by atoms with E-state index in [1.54, 1.807) is 6.07 Å².